The van der Waals surface area contributed by atoms with E-state index in [9.17, 15) is 4.79 Å². The summed E-state index contributed by atoms with van der Waals surface area (Å²) < 4.78 is 27.9. The zero-order chi connectivity index (χ0) is 35.4. The highest BCUT2D eigenvalue weighted by atomic mass is 16.5. The summed E-state index contributed by atoms with van der Waals surface area (Å²) in [7, 11) is 6.38. The number of ether oxygens (including phenoxy) is 4. The van der Waals surface area contributed by atoms with Crippen LogP contribution in [0.5, 0.6) is 23.0 Å². The van der Waals surface area contributed by atoms with Crippen molar-refractivity contribution in [1.82, 2.24) is 19.8 Å². The molecule has 1 amide bonds. The molecule has 1 N–H and O–H groups in total. The number of imidazole rings is 1. The number of piperidine rings is 1. The number of benzene rings is 3. The number of para-hydroxylation sites is 2. The van der Waals surface area contributed by atoms with Gasteiger partial charge in [-0.25, -0.2) is 4.98 Å². The first-order valence-electron chi connectivity index (χ1n) is 17.6. The van der Waals surface area contributed by atoms with E-state index in [2.05, 4.69) is 33.0 Å². The van der Waals surface area contributed by atoms with Crippen LogP contribution < -0.4 is 23.8 Å². The minimum atomic E-state index is -0.195. The van der Waals surface area contributed by atoms with E-state index in [4.69, 9.17) is 28.3 Å². The molecule has 0 spiro atoms. The van der Waals surface area contributed by atoms with E-state index in [1.807, 2.05) is 47.4 Å². The third-order valence-electron chi connectivity index (χ3n) is 10.7. The summed E-state index contributed by atoms with van der Waals surface area (Å²) in [4.78, 5) is 29.5. The number of rotatable bonds is 13. The fourth-order valence-electron chi connectivity index (χ4n) is 7.81. The Hall–Kier alpha value is -5.16. The number of amides is 1. The first-order valence-corrected chi connectivity index (χ1v) is 17.6. The molecule has 0 radical (unpaired) electrons. The lowest BCUT2D eigenvalue weighted by atomic mass is 9.76. The summed E-state index contributed by atoms with van der Waals surface area (Å²) >= 11 is 0. The van der Waals surface area contributed by atoms with Crippen LogP contribution in [0.2, 0.25) is 0 Å². The van der Waals surface area contributed by atoms with Gasteiger partial charge in [0.1, 0.15) is 11.5 Å². The molecule has 3 aromatic carbocycles. The molecule has 1 atom stereocenters. The summed E-state index contributed by atoms with van der Waals surface area (Å²) in [5.41, 5.74) is 3.55. The Morgan fingerprint density at radius 1 is 0.922 bits per heavy atom. The Morgan fingerprint density at radius 3 is 2.31 bits per heavy atom. The van der Waals surface area contributed by atoms with Gasteiger partial charge in [-0.1, -0.05) is 24.3 Å². The Labute approximate surface area is 299 Å². The Morgan fingerprint density at radius 2 is 1.67 bits per heavy atom. The molecule has 7 rings (SSSR count). The second-order valence-corrected chi connectivity index (χ2v) is 13.5. The fourth-order valence-corrected chi connectivity index (χ4v) is 7.81. The lowest BCUT2D eigenvalue weighted by Gasteiger charge is -2.39. The average molecular weight is 694 g/mol. The number of nitrogens with one attached hydrogen (secondary N) is 1. The van der Waals surface area contributed by atoms with Gasteiger partial charge in [0, 0.05) is 43.2 Å². The third-order valence-corrected chi connectivity index (χ3v) is 10.7. The Kier molecular flexibility index (Phi) is 10.1. The second-order valence-electron chi connectivity index (χ2n) is 13.5. The van der Waals surface area contributed by atoms with Gasteiger partial charge in [0.05, 0.1) is 52.3 Å². The number of furan rings is 1. The van der Waals surface area contributed by atoms with E-state index in [1.54, 1.807) is 46.8 Å². The summed E-state index contributed by atoms with van der Waals surface area (Å²) in [5.74, 6) is 3.98. The number of nitrogens with zero attached hydrogens (tertiary/aromatic N) is 4. The number of aromatic amines is 1. The molecule has 0 aliphatic carbocycles. The van der Waals surface area contributed by atoms with Crippen LogP contribution in [0.1, 0.15) is 47.4 Å². The molecule has 2 aromatic heterocycles. The molecular formula is C40H47N5O6. The van der Waals surface area contributed by atoms with Crippen molar-refractivity contribution in [3.05, 3.63) is 95.9 Å². The standard InChI is InChI=1S/C40H47N5O6/c1-47-31-13-11-29(12-14-31)40(18-22-44(27-40)38(46)28-24-35(48-2)37(50-4)36(25-28)49-3)17-21-43-19-15-30(16-20-43)45(26-32-8-7-23-51-32)39-41-33-9-5-6-10-34(33)42-39/h5-14,23-25,30H,15-22,26-27H2,1-4H3,(H,41,42). The minimum absolute atomic E-state index is 0.0484. The predicted octanol–water partition coefficient (Wildman–Crippen LogP) is 6.54. The smallest absolute Gasteiger partial charge is 0.254 e. The molecule has 4 heterocycles. The molecule has 0 bridgehead atoms. The van der Waals surface area contributed by atoms with Gasteiger partial charge in [-0.15, -0.1) is 0 Å². The summed E-state index contributed by atoms with van der Waals surface area (Å²) in [6, 6.07) is 24.3. The van der Waals surface area contributed by atoms with Crippen LogP contribution >= 0.6 is 0 Å². The number of likely N-dealkylation sites (tertiary alicyclic amines) is 2. The molecule has 51 heavy (non-hydrogen) atoms. The van der Waals surface area contributed by atoms with Crippen LogP contribution in [-0.2, 0) is 12.0 Å². The Balaban J connectivity index is 1.06. The van der Waals surface area contributed by atoms with Crippen molar-refractivity contribution in [3.63, 3.8) is 0 Å². The summed E-state index contributed by atoms with van der Waals surface area (Å²) in [6.07, 6.45) is 5.56. The first-order chi connectivity index (χ1) is 24.9. The number of carbonyl (C=O) groups is 1. The first kappa shape index (κ1) is 34.3. The van der Waals surface area contributed by atoms with Crippen molar-refractivity contribution in [3.8, 4) is 23.0 Å². The number of hydrogen-bond acceptors (Lipinski definition) is 9. The quantitative estimate of drug-likeness (QED) is 0.147. The van der Waals surface area contributed by atoms with Crippen molar-refractivity contribution in [2.24, 2.45) is 0 Å². The van der Waals surface area contributed by atoms with E-state index in [0.29, 0.717) is 48.5 Å². The van der Waals surface area contributed by atoms with Crippen LogP contribution in [0.3, 0.4) is 0 Å². The minimum Gasteiger partial charge on any atom is -0.497 e. The van der Waals surface area contributed by atoms with Gasteiger partial charge in [-0.2, -0.15) is 0 Å². The highest BCUT2D eigenvalue weighted by molar-refractivity contribution is 5.96. The van der Waals surface area contributed by atoms with Crippen molar-refractivity contribution in [1.29, 1.82) is 0 Å². The van der Waals surface area contributed by atoms with Crippen LogP contribution in [0.15, 0.2) is 83.5 Å². The molecule has 1 unspecified atom stereocenters. The number of anilines is 1. The summed E-state index contributed by atoms with van der Waals surface area (Å²) in [6.45, 7) is 4.83. The topological polar surface area (TPSA) is 106 Å². The largest absolute Gasteiger partial charge is 0.497 e. The molecule has 2 aliphatic heterocycles. The number of H-pyrrole nitrogens is 1. The average Bonchev–Trinajstić information content (AvgIpc) is 3.96. The zero-order valence-corrected chi connectivity index (χ0v) is 29.9. The molecule has 268 valence electrons. The molecular weight excluding hydrogens is 646 g/mol. The third kappa shape index (κ3) is 7.08. The molecule has 5 aromatic rings. The van der Waals surface area contributed by atoms with Gasteiger partial charge >= 0.3 is 0 Å². The predicted molar refractivity (Wildman–Crippen MR) is 196 cm³/mol. The van der Waals surface area contributed by atoms with Crippen molar-refractivity contribution < 1.29 is 28.2 Å². The highest BCUT2D eigenvalue weighted by Crippen LogP contribution is 2.42. The number of fused-ring (bicyclic) bond motifs is 1. The SMILES string of the molecule is COc1ccc(C2(CCN3CCC(N(Cc4ccco4)c4nc5ccccc5[nH]4)CC3)CCN(C(=O)c3cc(OC)c(OC)c(OC)c3)C2)cc1. The van der Waals surface area contributed by atoms with E-state index in [1.165, 1.54) is 5.56 Å². The number of methoxy groups -OCH3 is 4. The van der Waals surface area contributed by atoms with E-state index < -0.39 is 0 Å². The zero-order valence-electron chi connectivity index (χ0n) is 29.9. The van der Waals surface area contributed by atoms with Gasteiger partial charge in [-0.3, -0.25) is 4.79 Å². The van der Waals surface area contributed by atoms with Crippen molar-refractivity contribution >= 4 is 22.9 Å². The lowest BCUT2D eigenvalue weighted by Crippen LogP contribution is -2.46. The number of aromatic nitrogens is 2. The van der Waals surface area contributed by atoms with E-state index >= 15 is 0 Å². The fraction of sp³-hybridized carbons (Fsp3) is 0.400. The number of carbonyl (C=O) groups excluding carboxylic acids is 1. The van der Waals surface area contributed by atoms with E-state index in [-0.39, 0.29) is 11.3 Å². The van der Waals surface area contributed by atoms with Crippen molar-refractivity contribution in [2.45, 2.75) is 43.7 Å². The molecule has 2 aliphatic rings. The molecule has 2 saturated heterocycles. The van der Waals surface area contributed by atoms with Crippen LogP contribution in [0.25, 0.3) is 11.0 Å². The Bertz CT molecular complexity index is 1860. The normalized spacial score (nSPS) is 18.2. The molecule has 11 nitrogen and oxygen atoms in total. The van der Waals surface area contributed by atoms with Crippen molar-refractivity contribution in [2.75, 3.05) is 66.1 Å². The van der Waals surface area contributed by atoms with Crippen LogP contribution in [0, 0.1) is 0 Å². The molecule has 0 saturated carbocycles. The van der Waals surface area contributed by atoms with E-state index in [0.717, 1.165) is 73.8 Å². The van der Waals surface area contributed by atoms with Gasteiger partial charge < -0.3 is 43.0 Å². The maximum atomic E-state index is 14.0. The second kappa shape index (κ2) is 15.0. The van der Waals surface area contributed by atoms with Gasteiger partial charge in [-0.05, 0) is 86.3 Å². The van der Waals surface area contributed by atoms with Gasteiger partial charge in [0.25, 0.3) is 5.91 Å². The van der Waals surface area contributed by atoms with Gasteiger partial charge in [0.2, 0.25) is 11.7 Å². The van der Waals surface area contributed by atoms with Gasteiger partial charge in [0.15, 0.2) is 11.5 Å². The molecule has 2 fully saturated rings. The summed E-state index contributed by atoms with van der Waals surface area (Å²) in [5, 5.41) is 0. The van der Waals surface area contributed by atoms with Crippen LogP contribution in [0.4, 0.5) is 5.95 Å². The number of hydrogen-bond donors (Lipinski definition) is 1. The maximum absolute atomic E-state index is 14.0. The van der Waals surface area contributed by atoms with Crippen LogP contribution in [-0.4, -0.2) is 92.9 Å². The lowest BCUT2D eigenvalue weighted by molar-refractivity contribution is 0.0779. The maximum Gasteiger partial charge on any atom is 0.254 e. The highest BCUT2D eigenvalue weighted by Gasteiger charge is 2.42. The molecule has 11 heteroatoms. The monoisotopic (exact) mass is 693 g/mol.